The fourth-order valence-electron chi connectivity index (χ4n) is 1.10. The molecule has 1 aliphatic rings. The summed E-state index contributed by atoms with van der Waals surface area (Å²) in [4.78, 5) is 0. The van der Waals surface area contributed by atoms with Crippen LogP contribution in [-0.2, 0) is 0 Å². The summed E-state index contributed by atoms with van der Waals surface area (Å²) in [6.07, 6.45) is 7.10. The van der Waals surface area contributed by atoms with Gasteiger partial charge in [0.05, 0.1) is 6.10 Å². The van der Waals surface area contributed by atoms with Gasteiger partial charge in [-0.3, -0.25) is 0 Å². The predicted octanol–water partition coefficient (Wildman–Crippen LogP) is 1.89. The zero-order chi connectivity index (χ0) is 7.56. The summed E-state index contributed by atoms with van der Waals surface area (Å²) >= 11 is 0. The molecule has 2 atom stereocenters. The lowest BCUT2D eigenvalue weighted by Gasteiger charge is -2.16. The quantitative estimate of drug-likeness (QED) is 0.586. The Hall–Kier alpha value is -0.560. The molecule has 1 rings (SSSR count). The third-order valence-corrected chi connectivity index (χ3v) is 1.94. The van der Waals surface area contributed by atoms with Crippen LogP contribution < -0.4 is 0 Å². The lowest BCUT2D eigenvalue weighted by atomic mass is 9.93. The van der Waals surface area contributed by atoms with Gasteiger partial charge in [-0.15, -0.1) is 0 Å². The molecule has 0 aromatic carbocycles. The van der Waals surface area contributed by atoms with Crippen LogP contribution in [0.4, 0.5) is 0 Å². The molecular formula is C9H14O. The Morgan fingerprint density at radius 1 is 1.70 bits per heavy atom. The highest BCUT2D eigenvalue weighted by molar-refractivity contribution is 5.21. The van der Waals surface area contributed by atoms with Crippen molar-refractivity contribution < 1.29 is 5.11 Å². The molecule has 56 valence electrons. The van der Waals surface area contributed by atoms with Gasteiger partial charge in [0.2, 0.25) is 0 Å². The van der Waals surface area contributed by atoms with E-state index in [0.29, 0.717) is 5.92 Å². The average Bonchev–Trinajstić information content (AvgIpc) is 1.88. The maximum absolute atomic E-state index is 9.18. The van der Waals surface area contributed by atoms with Crippen LogP contribution in [0.25, 0.3) is 0 Å². The molecule has 0 spiro atoms. The number of hydrogen-bond acceptors (Lipinski definition) is 1. The summed E-state index contributed by atoms with van der Waals surface area (Å²) in [5.74, 6) is 0.337. The summed E-state index contributed by atoms with van der Waals surface area (Å²) in [5, 5.41) is 9.18. The third kappa shape index (κ3) is 1.71. The van der Waals surface area contributed by atoms with Crippen LogP contribution in [0.5, 0.6) is 0 Å². The van der Waals surface area contributed by atoms with Crippen molar-refractivity contribution in [3.05, 3.63) is 23.8 Å². The highest BCUT2D eigenvalue weighted by atomic mass is 16.3. The molecule has 0 aliphatic heterocycles. The van der Waals surface area contributed by atoms with Gasteiger partial charge >= 0.3 is 0 Å². The van der Waals surface area contributed by atoms with Crippen molar-refractivity contribution in [2.45, 2.75) is 26.4 Å². The molecule has 0 radical (unpaired) electrons. The number of allylic oxidation sites excluding steroid dienone is 3. The van der Waals surface area contributed by atoms with E-state index >= 15 is 0 Å². The van der Waals surface area contributed by atoms with Crippen LogP contribution >= 0.6 is 0 Å². The van der Waals surface area contributed by atoms with E-state index in [4.69, 9.17) is 0 Å². The fraction of sp³-hybridized carbons (Fsp3) is 0.556. The first-order valence-electron chi connectivity index (χ1n) is 3.73. The van der Waals surface area contributed by atoms with Crippen molar-refractivity contribution in [1.29, 1.82) is 0 Å². The maximum Gasteiger partial charge on any atom is 0.0577 e. The predicted molar refractivity (Wildman–Crippen MR) is 42.7 cm³/mol. The molecule has 0 bridgehead atoms. The Labute approximate surface area is 62.1 Å². The van der Waals surface area contributed by atoms with Crippen molar-refractivity contribution in [2.75, 3.05) is 0 Å². The molecular weight excluding hydrogens is 124 g/mol. The minimum Gasteiger partial charge on any atom is -0.393 e. The van der Waals surface area contributed by atoms with Gasteiger partial charge in [0.15, 0.2) is 0 Å². The molecule has 1 heteroatoms. The lowest BCUT2D eigenvalue weighted by Crippen LogP contribution is -2.14. The van der Waals surface area contributed by atoms with Gasteiger partial charge in [-0.05, 0) is 20.3 Å². The van der Waals surface area contributed by atoms with Crippen molar-refractivity contribution in [3.8, 4) is 0 Å². The Bertz CT molecular complexity index is 166. The first-order valence-corrected chi connectivity index (χ1v) is 3.73. The van der Waals surface area contributed by atoms with E-state index in [1.54, 1.807) is 0 Å². The van der Waals surface area contributed by atoms with Gasteiger partial charge in [0.25, 0.3) is 0 Å². The molecule has 2 unspecified atom stereocenters. The molecule has 0 aromatic heterocycles. The smallest absolute Gasteiger partial charge is 0.0577 e. The Balaban J connectivity index is 2.52. The molecule has 1 aliphatic carbocycles. The Kier molecular flexibility index (Phi) is 2.28. The highest BCUT2D eigenvalue weighted by Gasteiger charge is 2.11. The molecule has 0 amide bonds. The second-order valence-electron chi connectivity index (χ2n) is 2.95. The molecule has 0 saturated heterocycles. The van der Waals surface area contributed by atoms with E-state index in [1.807, 2.05) is 6.92 Å². The maximum atomic E-state index is 9.18. The first kappa shape index (κ1) is 7.55. The molecule has 0 fully saturated rings. The third-order valence-electron chi connectivity index (χ3n) is 1.94. The fourth-order valence-corrected chi connectivity index (χ4v) is 1.10. The Morgan fingerprint density at radius 3 is 2.80 bits per heavy atom. The van der Waals surface area contributed by atoms with E-state index in [0.717, 1.165) is 6.42 Å². The van der Waals surface area contributed by atoms with Gasteiger partial charge in [-0.2, -0.15) is 0 Å². The first-order chi connectivity index (χ1) is 4.70. The molecule has 1 N–H and O–H groups in total. The van der Waals surface area contributed by atoms with Crippen LogP contribution in [0.3, 0.4) is 0 Å². The van der Waals surface area contributed by atoms with Gasteiger partial charge in [-0.25, -0.2) is 0 Å². The van der Waals surface area contributed by atoms with Crippen LogP contribution in [0.15, 0.2) is 23.8 Å². The molecule has 0 heterocycles. The van der Waals surface area contributed by atoms with Crippen molar-refractivity contribution in [2.24, 2.45) is 5.92 Å². The molecule has 1 nitrogen and oxygen atoms in total. The van der Waals surface area contributed by atoms with Gasteiger partial charge in [0, 0.05) is 5.92 Å². The highest BCUT2D eigenvalue weighted by Crippen LogP contribution is 2.18. The monoisotopic (exact) mass is 138 g/mol. The second kappa shape index (κ2) is 3.02. The van der Waals surface area contributed by atoms with E-state index in [9.17, 15) is 5.11 Å². The minimum absolute atomic E-state index is 0.208. The Morgan fingerprint density at radius 2 is 2.40 bits per heavy atom. The van der Waals surface area contributed by atoms with Gasteiger partial charge < -0.3 is 5.11 Å². The number of aliphatic hydroxyl groups excluding tert-OH is 1. The molecule has 0 aromatic rings. The SMILES string of the molecule is CC1=CCC(C(C)O)C=C1. The van der Waals surface area contributed by atoms with Gasteiger partial charge in [-0.1, -0.05) is 23.8 Å². The number of hydrogen-bond donors (Lipinski definition) is 1. The van der Waals surface area contributed by atoms with Gasteiger partial charge in [0.1, 0.15) is 0 Å². The number of rotatable bonds is 1. The molecule has 10 heavy (non-hydrogen) atoms. The van der Waals surface area contributed by atoms with E-state index < -0.39 is 0 Å². The zero-order valence-electron chi connectivity index (χ0n) is 6.54. The lowest BCUT2D eigenvalue weighted by molar-refractivity contribution is 0.149. The average molecular weight is 138 g/mol. The van der Waals surface area contributed by atoms with E-state index in [2.05, 4.69) is 25.2 Å². The zero-order valence-corrected chi connectivity index (χ0v) is 6.54. The standard InChI is InChI=1S/C9H14O/c1-7-3-5-9(6-4-7)8(2)10/h3-5,8-10H,6H2,1-2H3. The van der Waals surface area contributed by atoms with Crippen molar-refractivity contribution >= 4 is 0 Å². The summed E-state index contributed by atoms with van der Waals surface area (Å²) in [7, 11) is 0. The summed E-state index contributed by atoms with van der Waals surface area (Å²) < 4.78 is 0. The number of aliphatic hydroxyl groups is 1. The topological polar surface area (TPSA) is 20.2 Å². The van der Waals surface area contributed by atoms with Crippen LogP contribution in [-0.4, -0.2) is 11.2 Å². The van der Waals surface area contributed by atoms with Crippen LogP contribution in [0.1, 0.15) is 20.3 Å². The largest absolute Gasteiger partial charge is 0.393 e. The minimum atomic E-state index is -0.208. The van der Waals surface area contributed by atoms with E-state index in [-0.39, 0.29) is 6.10 Å². The van der Waals surface area contributed by atoms with Crippen molar-refractivity contribution in [3.63, 3.8) is 0 Å². The second-order valence-corrected chi connectivity index (χ2v) is 2.95. The van der Waals surface area contributed by atoms with Crippen molar-refractivity contribution in [1.82, 2.24) is 0 Å². The van der Waals surface area contributed by atoms with Crippen LogP contribution in [0, 0.1) is 5.92 Å². The summed E-state index contributed by atoms with van der Waals surface area (Å²) in [5.41, 5.74) is 1.30. The molecule has 0 saturated carbocycles. The normalized spacial score (nSPS) is 27.9. The summed E-state index contributed by atoms with van der Waals surface area (Å²) in [6.45, 7) is 3.91. The summed E-state index contributed by atoms with van der Waals surface area (Å²) in [6, 6.07) is 0. The van der Waals surface area contributed by atoms with Crippen LogP contribution in [0.2, 0.25) is 0 Å². The van der Waals surface area contributed by atoms with E-state index in [1.165, 1.54) is 5.57 Å².